The fourth-order valence-electron chi connectivity index (χ4n) is 7.98. The zero-order valence-corrected chi connectivity index (χ0v) is 28.9. The summed E-state index contributed by atoms with van der Waals surface area (Å²) in [5.41, 5.74) is 6.12. The molecular weight excluding hydrogens is 625 g/mol. The molecule has 1 heterocycles. The van der Waals surface area contributed by atoms with E-state index in [2.05, 4.69) is 205 Å². The zero-order valence-electron chi connectivity index (χ0n) is 28.0. The van der Waals surface area contributed by atoms with E-state index in [-0.39, 0.29) is 6.17 Å². The molecule has 0 radical (unpaired) electrons. The smallest absolute Gasteiger partial charge is 0.104 e. The monoisotopic (exact) mass is 662 g/mol. The molecule has 2 nitrogen and oxygen atoms in total. The Morgan fingerprint density at radius 3 is 1.42 bits per heavy atom. The Morgan fingerprint density at radius 2 is 0.920 bits per heavy atom. The first-order chi connectivity index (χ1) is 24.8. The van der Waals surface area contributed by atoms with Crippen molar-refractivity contribution in [3.63, 3.8) is 0 Å². The molecule has 0 aliphatic carbocycles. The van der Waals surface area contributed by atoms with Crippen LogP contribution in [0, 0.1) is 0 Å². The molecular formula is C47H38N2S. The lowest BCUT2D eigenvalue weighted by atomic mass is 9.92. The summed E-state index contributed by atoms with van der Waals surface area (Å²) in [6.07, 6.45) is 1.23. The third kappa shape index (κ3) is 4.73. The Kier molecular flexibility index (Phi) is 7.63. The van der Waals surface area contributed by atoms with Crippen LogP contribution in [-0.4, -0.2) is 6.17 Å². The molecule has 0 spiro atoms. The molecule has 8 aromatic rings. The molecule has 0 bridgehead atoms. The molecule has 3 heteroatoms. The second kappa shape index (κ2) is 12.6. The predicted molar refractivity (Wildman–Crippen MR) is 213 cm³/mol. The summed E-state index contributed by atoms with van der Waals surface area (Å²) >= 11 is 0. The van der Waals surface area contributed by atoms with Gasteiger partial charge in [-0.2, -0.15) is 0 Å². The standard InChI is InChI=1S/C47H38N2S/c1-2-45-48-43-28-16-17-29-44(43)49(45)35-32-30-34(31-33-35)46-39-24-12-14-26-41(39)47(42-27-15-13-25-40(42)46)50(36-18-6-3-7-19-36,37-20-8-4-9-21-37)38-22-10-5-11-23-38/h3-33,45,48H,2H2,1H3. The average Bonchev–Trinajstić information content (AvgIpc) is 3.58. The number of fused-ring (bicyclic) bond motifs is 3. The van der Waals surface area contributed by atoms with E-state index < -0.39 is 10.0 Å². The Balaban J connectivity index is 1.34. The van der Waals surface area contributed by atoms with E-state index >= 15 is 0 Å². The number of anilines is 3. The molecule has 50 heavy (non-hydrogen) atoms. The highest BCUT2D eigenvalue weighted by Crippen LogP contribution is 2.76. The van der Waals surface area contributed by atoms with Crippen LogP contribution in [0.1, 0.15) is 13.3 Å². The first-order valence-corrected chi connectivity index (χ1v) is 19.1. The van der Waals surface area contributed by atoms with Gasteiger partial charge in [-0.25, -0.2) is 0 Å². The van der Waals surface area contributed by atoms with Crippen molar-refractivity contribution in [2.45, 2.75) is 39.1 Å². The van der Waals surface area contributed by atoms with Crippen molar-refractivity contribution in [1.82, 2.24) is 0 Å². The van der Waals surface area contributed by atoms with E-state index in [0.29, 0.717) is 0 Å². The Bertz CT molecular complexity index is 2290. The molecule has 1 N–H and O–H groups in total. The summed E-state index contributed by atoms with van der Waals surface area (Å²) in [4.78, 5) is 7.81. The third-order valence-corrected chi connectivity index (χ3v) is 14.1. The summed E-state index contributed by atoms with van der Waals surface area (Å²) in [6, 6.07) is 69.6. The SMILES string of the molecule is CCC1Nc2ccccc2N1c1ccc(-c2c3ccccc3c(S(c3ccccc3)(c3ccccc3)c3ccccc3)c3ccccc23)cc1. The minimum atomic E-state index is -1.93. The van der Waals surface area contributed by atoms with Crippen molar-refractivity contribution < 1.29 is 0 Å². The van der Waals surface area contributed by atoms with E-state index in [4.69, 9.17) is 0 Å². The second-order valence-electron chi connectivity index (χ2n) is 12.8. The van der Waals surface area contributed by atoms with Crippen LogP contribution in [0.3, 0.4) is 0 Å². The lowest BCUT2D eigenvalue weighted by Crippen LogP contribution is -2.30. The molecule has 8 aromatic carbocycles. The van der Waals surface area contributed by atoms with Gasteiger partial charge in [0, 0.05) is 25.3 Å². The topological polar surface area (TPSA) is 15.3 Å². The van der Waals surface area contributed by atoms with Crippen molar-refractivity contribution in [1.29, 1.82) is 0 Å². The van der Waals surface area contributed by atoms with Crippen LogP contribution >= 0.6 is 10.0 Å². The van der Waals surface area contributed by atoms with Gasteiger partial charge < -0.3 is 10.2 Å². The summed E-state index contributed by atoms with van der Waals surface area (Å²) in [5, 5.41) is 8.84. The molecule has 1 unspecified atom stereocenters. The van der Waals surface area contributed by atoms with Gasteiger partial charge >= 0.3 is 0 Å². The molecule has 0 amide bonds. The predicted octanol–water partition coefficient (Wildman–Crippen LogP) is 13.3. The highest BCUT2D eigenvalue weighted by molar-refractivity contribution is 8.34. The summed E-state index contributed by atoms with van der Waals surface area (Å²) in [7, 11) is -1.93. The number of hydrogen-bond donors (Lipinski definition) is 1. The highest BCUT2D eigenvalue weighted by atomic mass is 32.3. The Labute approximate surface area is 296 Å². The van der Waals surface area contributed by atoms with Gasteiger partial charge in [-0.1, -0.05) is 134 Å². The van der Waals surface area contributed by atoms with E-state index in [1.54, 1.807) is 0 Å². The van der Waals surface area contributed by atoms with Gasteiger partial charge in [-0.15, -0.1) is 10.0 Å². The van der Waals surface area contributed by atoms with Gasteiger partial charge in [0.05, 0.1) is 11.4 Å². The fraction of sp³-hybridized carbons (Fsp3) is 0.0638. The lowest BCUT2D eigenvalue weighted by Gasteiger charge is -2.43. The summed E-state index contributed by atoms with van der Waals surface area (Å²) < 4.78 is 0. The van der Waals surface area contributed by atoms with Crippen LogP contribution < -0.4 is 10.2 Å². The molecule has 0 fully saturated rings. The number of para-hydroxylation sites is 2. The van der Waals surface area contributed by atoms with E-state index in [9.17, 15) is 0 Å². The minimum Gasteiger partial charge on any atom is -0.363 e. The number of nitrogens with zero attached hydrogens (tertiary/aromatic N) is 1. The Hall–Kier alpha value is -5.77. The van der Waals surface area contributed by atoms with Gasteiger partial charge in [-0.05, 0) is 99.8 Å². The van der Waals surface area contributed by atoms with Crippen molar-refractivity contribution in [2.24, 2.45) is 0 Å². The number of hydrogen-bond acceptors (Lipinski definition) is 2. The van der Waals surface area contributed by atoms with E-state index in [1.807, 2.05) is 0 Å². The van der Waals surface area contributed by atoms with Gasteiger partial charge in [0.15, 0.2) is 0 Å². The van der Waals surface area contributed by atoms with Crippen LogP contribution in [0.4, 0.5) is 17.1 Å². The molecule has 9 rings (SSSR count). The molecule has 0 saturated carbocycles. The van der Waals surface area contributed by atoms with E-state index in [1.165, 1.54) is 69.3 Å². The van der Waals surface area contributed by atoms with Crippen molar-refractivity contribution >= 4 is 48.6 Å². The second-order valence-corrected chi connectivity index (χ2v) is 15.9. The van der Waals surface area contributed by atoms with Crippen LogP contribution in [-0.2, 0) is 0 Å². The first kappa shape index (κ1) is 30.3. The molecule has 1 aliphatic rings. The fourth-order valence-corrected chi connectivity index (χ4v) is 12.2. The molecule has 242 valence electrons. The largest absolute Gasteiger partial charge is 0.363 e. The lowest BCUT2D eigenvalue weighted by molar-refractivity contribution is 0.728. The van der Waals surface area contributed by atoms with Gasteiger partial charge in [0.25, 0.3) is 0 Å². The van der Waals surface area contributed by atoms with Crippen LogP contribution in [0.5, 0.6) is 0 Å². The highest BCUT2D eigenvalue weighted by Gasteiger charge is 2.37. The quantitative estimate of drug-likeness (QED) is 0.171. The number of nitrogens with one attached hydrogen (secondary N) is 1. The average molecular weight is 663 g/mol. The number of rotatable bonds is 7. The van der Waals surface area contributed by atoms with Gasteiger partial charge in [0.2, 0.25) is 0 Å². The van der Waals surface area contributed by atoms with Gasteiger partial charge in [-0.3, -0.25) is 0 Å². The van der Waals surface area contributed by atoms with Crippen LogP contribution in [0.2, 0.25) is 0 Å². The third-order valence-electron chi connectivity index (χ3n) is 10.1. The summed E-state index contributed by atoms with van der Waals surface area (Å²) in [6.45, 7) is 2.24. The normalized spacial score (nSPS) is 14.4. The van der Waals surface area contributed by atoms with Gasteiger partial charge in [0.1, 0.15) is 6.17 Å². The minimum absolute atomic E-state index is 0.226. The Morgan fingerprint density at radius 1 is 0.480 bits per heavy atom. The maximum atomic E-state index is 3.72. The van der Waals surface area contributed by atoms with Crippen molar-refractivity contribution in [3.8, 4) is 11.1 Å². The molecule has 0 saturated heterocycles. The molecule has 1 aliphatic heterocycles. The number of benzene rings is 8. The van der Waals surface area contributed by atoms with Crippen molar-refractivity contribution in [3.05, 3.63) is 188 Å². The molecule has 0 aromatic heterocycles. The maximum absolute atomic E-state index is 3.72. The van der Waals surface area contributed by atoms with E-state index in [0.717, 1.165) is 6.42 Å². The molecule has 1 atom stereocenters. The first-order valence-electron chi connectivity index (χ1n) is 17.5. The van der Waals surface area contributed by atoms with Crippen LogP contribution in [0.15, 0.2) is 208 Å². The maximum Gasteiger partial charge on any atom is 0.104 e. The zero-order chi connectivity index (χ0) is 33.5. The van der Waals surface area contributed by atoms with Crippen LogP contribution in [0.25, 0.3) is 32.7 Å². The van der Waals surface area contributed by atoms with Crippen molar-refractivity contribution in [2.75, 3.05) is 10.2 Å². The summed E-state index contributed by atoms with van der Waals surface area (Å²) in [5.74, 6) is 0.